The fraction of sp³-hybridized carbons (Fsp3) is 1.00. The molecule has 6 fully saturated rings. The van der Waals surface area contributed by atoms with Crippen molar-refractivity contribution in [2.45, 2.75) is 31.7 Å². The average molecular weight is 215 g/mol. The third kappa shape index (κ3) is 0.539. The fourth-order valence-electron chi connectivity index (χ4n) is 7.66. The second-order valence-electron chi connectivity index (χ2n) is 7.85. The van der Waals surface area contributed by atoms with E-state index < -0.39 is 0 Å². The van der Waals surface area contributed by atoms with E-state index in [1.165, 1.54) is 42.4 Å². The zero-order valence-corrected chi connectivity index (χ0v) is 9.76. The highest BCUT2D eigenvalue weighted by molar-refractivity contribution is 5.29. The largest absolute Gasteiger partial charge is 0.327 e. The third-order valence-electron chi connectivity index (χ3n) is 8.30. The molecule has 6 aliphatic carbocycles. The molecule has 0 heterocycles. The van der Waals surface area contributed by atoms with Gasteiger partial charge in [0.15, 0.2) is 0 Å². The Morgan fingerprint density at radius 1 is 0.500 bits per heavy atom. The molecule has 11 unspecified atom stereocenters. The first-order chi connectivity index (χ1) is 7.88. The van der Waals surface area contributed by atoms with E-state index in [2.05, 4.69) is 0 Å². The summed E-state index contributed by atoms with van der Waals surface area (Å²) >= 11 is 0. The Labute approximate surface area is 97.2 Å². The highest BCUT2D eigenvalue weighted by Crippen LogP contribution is 2.84. The lowest BCUT2D eigenvalue weighted by atomic mass is 9.23. The number of fused-ring (bicyclic) bond motifs is 12. The summed E-state index contributed by atoms with van der Waals surface area (Å²) in [7, 11) is 0. The predicted molar refractivity (Wildman–Crippen MR) is 61.3 cm³/mol. The number of hydrogen-bond acceptors (Lipinski definition) is 1. The molecule has 0 aromatic carbocycles. The molecule has 6 saturated carbocycles. The standard InChI is InChI=1S/C15H21N/c16-15-8-4-3-7(8)11-12-9-5-1-2-6(5)10(9)13(12)14(11)15/h5-15H,1-4,16H2. The van der Waals surface area contributed by atoms with Crippen LogP contribution in [0.4, 0.5) is 0 Å². The van der Waals surface area contributed by atoms with Crippen LogP contribution in [-0.2, 0) is 0 Å². The van der Waals surface area contributed by atoms with Crippen LogP contribution in [-0.4, -0.2) is 6.04 Å². The predicted octanol–water partition coefficient (Wildman–Crippen LogP) is 2.12. The van der Waals surface area contributed by atoms with Gasteiger partial charge in [0.2, 0.25) is 0 Å². The number of hydrogen-bond donors (Lipinski definition) is 1. The van der Waals surface area contributed by atoms with Crippen LogP contribution in [0.15, 0.2) is 0 Å². The van der Waals surface area contributed by atoms with Crippen molar-refractivity contribution in [1.82, 2.24) is 0 Å². The van der Waals surface area contributed by atoms with Gasteiger partial charge in [0.25, 0.3) is 0 Å². The summed E-state index contributed by atoms with van der Waals surface area (Å²) in [4.78, 5) is 0. The van der Waals surface area contributed by atoms with Crippen LogP contribution in [0.25, 0.3) is 0 Å². The summed E-state index contributed by atoms with van der Waals surface area (Å²) in [6, 6.07) is 0.630. The Kier molecular flexibility index (Phi) is 1.08. The molecule has 16 heavy (non-hydrogen) atoms. The minimum atomic E-state index is 0.630. The van der Waals surface area contributed by atoms with Crippen molar-refractivity contribution in [3.05, 3.63) is 0 Å². The topological polar surface area (TPSA) is 26.0 Å². The van der Waals surface area contributed by atoms with Crippen LogP contribution in [0.2, 0.25) is 0 Å². The van der Waals surface area contributed by atoms with Crippen molar-refractivity contribution < 1.29 is 0 Å². The average Bonchev–Trinajstić information content (AvgIpc) is 2.30. The summed E-state index contributed by atoms with van der Waals surface area (Å²) in [6.45, 7) is 0. The van der Waals surface area contributed by atoms with E-state index in [9.17, 15) is 0 Å². The van der Waals surface area contributed by atoms with Gasteiger partial charge >= 0.3 is 0 Å². The molecule has 11 atom stereocenters. The Hall–Kier alpha value is -0.0400. The Bertz CT molecular complexity index is 361. The van der Waals surface area contributed by atoms with Crippen LogP contribution in [0.3, 0.4) is 0 Å². The Morgan fingerprint density at radius 3 is 1.50 bits per heavy atom. The summed E-state index contributed by atoms with van der Waals surface area (Å²) in [5, 5.41) is 0. The van der Waals surface area contributed by atoms with E-state index in [4.69, 9.17) is 5.73 Å². The zero-order valence-electron chi connectivity index (χ0n) is 9.76. The van der Waals surface area contributed by atoms with Gasteiger partial charge in [0.1, 0.15) is 0 Å². The Balaban J connectivity index is 1.39. The second-order valence-corrected chi connectivity index (χ2v) is 7.85. The summed E-state index contributed by atoms with van der Waals surface area (Å²) in [5.41, 5.74) is 6.52. The maximum Gasteiger partial charge on any atom is 0.0104 e. The van der Waals surface area contributed by atoms with E-state index in [-0.39, 0.29) is 0 Å². The summed E-state index contributed by atoms with van der Waals surface area (Å²) in [6.07, 6.45) is 6.18. The van der Waals surface area contributed by atoms with Crippen molar-refractivity contribution >= 4 is 0 Å². The van der Waals surface area contributed by atoms with Crippen molar-refractivity contribution in [1.29, 1.82) is 0 Å². The maximum absolute atomic E-state index is 6.52. The molecular formula is C15H21N. The molecule has 1 heteroatoms. The van der Waals surface area contributed by atoms with Crippen molar-refractivity contribution in [3.8, 4) is 0 Å². The van der Waals surface area contributed by atoms with Gasteiger partial charge < -0.3 is 5.73 Å². The first-order valence-electron chi connectivity index (χ1n) is 7.63. The maximum atomic E-state index is 6.52. The first-order valence-corrected chi connectivity index (χ1v) is 7.63. The minimum absolute atomic E-state index is 0.630. The molecule has 2 N–H and O–H groups in total. The second kappa shape index (κ2) is 2.13. The smallest absolute Gasteiger partial charge is 0.0104 e. The van der Waals surface area contributed by atoms with Gasteiger partial charge in [-0.05, 0) is 84.9 Å². The van der Waals surface area contributed by atoms with Gasteiger partial charge in [-0.1, -0.05) is 0 Å². The van der Waals surface area contributed by atoms with E-state index in [1.54, 1.807) is 12.8 Å². The van der Waals surface area contributed by atoms with Gasteiger partial charge in [-0.3, -0.25) is 0 Å². The molecule has 1 nitrogen and oxygen atoms in total. The molecule has 6 aliphatic rings. The van der Waals surface area contributed by atoms with Crippen LogP contribution in [0.1, 0.15) is 25.7 Å². The molecule has 6 rings (SSSR count). The Morgan fingerprint density at radius 2 is 0.938 bits per heavy atom. The molecule has 0 spiro atoms. The molecule has 0 aromatic rings. The van der Waals surface area contributed by atoms with Crippen molar-refractivity contribution in [2.24, 2.45) is 64.9 Å². The van der Waals surface area contributed by atoms with Gasteiger partial charge in [-0.15, -0.1) is 0 Å². The minimum Gasteiger partial charge on any atom is -0.327 e. The molecule has 0 radical (unpaired) electrons. The zero-order chi connectivity index (χ0) is 10.2. The molecule has 0 aliphatic heterocycles. The van der Waals surface area contributed by atoms with Crippen LogP contribution >= 0.6 is 0 Å². The van der Waals surface area contributed by atoms with Gasteiger partial charge in [-0.25, -0.2) is 0 Å². The first kappa shape index (κ1) is 8.13. The summed E-state index contributed by atoms with van der Waals surface area (Å²) < 4.78 is 0. The van der Waals surface area contributed by atoms with E-state index in [1.807, 2.05) is 0 Å². The van der Waals surface area contributed by atoms with Crippen molar-refractivity contribution in [2.75, 3.05) is 0 Å². The van der Waals surface area contributed by atoms with Crippen LogP contribution < -0.4 is 5.73 Å². The van der Waals surface area contributed by atoms with E-state index in [0.717, 1.165) is 29.6 Å². The lowest BCUT2D eigenvalue weighted by Gasteiger charge is -2.81. The lowest BCUT2D eigenvalue weighted by molar-refractivity contribution is -0.338. The fourth-order valence-corrected chi connectivity index (χ4v) is 7.66. The van der Waals surface area contributed by atoms with Crippen LogP contribution in [0.5, 0.6) is 0 Å². The highest BCUT2D eigenvalue weighted by atomic mass is 14.9. The third-order valence-corrected chi connectivity index (χ3v) is 8.30. The molecule has 0 saturated heterocycles. The SMILES string of the molecule is NC1C2CCC2C2C1C1C3C4CCC4C3C21. The van der Waals surface area contributed by atoms with Crippen LogP contribution in [0, 0.1) is 59.2 Å². The molecule has 0 bridgehead atoms. The monoisotopic (exact) mass is 215 g/mol. The quantitative estimate of drug-likeness (QED) is 0.615. The molecule has 0 amide bonds. The number of nitrogens with two attached hydrogens (primary N) is 1. The lowest BCUT2D eigenvalue weighted by Crippen LogP contribution is -2.78. The van der Waals surface area contributed by atoms with E-state index in [0.29, 0.717) is 6.04 Å². The number of rotatable bonds is 0. The van der Waals surface area contributed by atoms with E-state index >= 15 is 0 Å². The van der Waals surface area contributed by atoms with Crippen molar-refractivity contribution in [3.63, 3.8) is 0 Å². The highest BCUT2D eigenvalue weighted by Gasteiger charge is 2.80. The molecular weight excluding hydrogens is 194 g/mol. The summed E-state index contributed by atoms with van der Waals surface area (Å²) in [5.74, 6) is 11.3. The molecule has 0 aromatic heterocycles. The van der Waals surface area contributed by atoms with Gasteiger partial charge in [0.05, 0.1) is 0 Å². The van der Waals surface area contributed by atoms with Gasteiger partial charge in [0, 0.05) is 6.04 Å². The molecule has 86 valence electrons. The van der Waals surface area contributed by atoms with Gasteiger partial charge in [-0.2, -0.15) is 0 Å². The normalized spacial score (nSPS) is 80.4.